The fourth-order valence-electron chi connectivity index (χ4n) is 0.832. The Balaban J connectivity index is 3.57. The Morgan fingerprint density at radius 3 is 2.55 bits per heavy atom. The van der Waals surface area contributed by atoms with Gasteiger partial charge in [0.15, 0.2) is 0 Å². The molecule has 0 radical (unpaired) electrons. The number of hydrogen-bond donors (Lipinski definition) is 0. The van der Waals surface area contributed by atoms with Crippen molar-refractivity contribution >= 4 is 0 Å². The van der Waals surface area contributed by atoms with Crippen LogP contribution in [-0.4, -0.2) is 13.3 Å². The Bertz CT molecular complexity index is 119. The van der Waals surface area contributed by atoms with E-state index in [2.05, 4.69) is 6.58 Å². The molecule has 0 aliphatic carbocycles. The number of allylic oxidation sites excluding steroid dienone is 3. The third-order valence-electron chi connectivity index (χ3n) is 1.45. The Kier molecular flexibility index (Phi) is 7.00. The molecule has 0 aromatic heterocycles. The first-order valence-corrected chi connectivity index (χ1v) is 3.76. The molecular weight excluding hydrogens is 146 g/mol. The minimum Gasteiger partial charge on any atom is -0.251 e. The summed E-state index contributed by atoms with van der Waals surface area (Å²) >= 11 is 0. The van der Waals surface area contributed by atoms with Gasteiger partial charge in [-0.1, -0.05) is 18.2 Å². The van der Waals surface area contributed by atoms with Crippen molar-refractivity contribution in [3.05, 3.63) is 24.8 Å². The van der Waals surface area contributed by atoms with Gasteiger partial charge in [-0.05, 0) is 18.8 Å². The molecule has 0 aromatic rings. The van der Waals surface area contributed by atoms with Gasteiger partial charge in [-0.15, -0.1) is 6.58 Å². The molecule has 0 rings (SSSR count). The maximum Gasteiger partial charge on any atom is 0.108 e. The van der Waals surface area contributed by atoms with Crippen molar-refractivity contribution in [3.63, 3.8) is 0 Å². The van der Waals surface area contributed by atoms with E-state index < -0.39 is 6.67 Å². The molecule has 0 saturated carbocycles. The standard InChI is InChI=1S/C9H14F2/c1-2-9(5-3-7-10)6-4-8-11/h2-3,5,9H,1,4,6-8H2. The van der Waals surface area contributed by atoms with Gasteiger partial charge < -0.3 is 0 Å². The van der Waals surface area contributed by atoms with Gasteiger partial charge in [0.25, 0.3) is 0 Å². The first-order chi connectivity index (χ1) is 5.35. The van der Waals surface area contributed by atoms with Gasteiger partial charge in [0.05, 0.1) is 6.67 Å². The van der Waals surface area contributed by atoms with Crippen LogP contribution in [0.2, 0.25) is 0 Å². The Morgan fingerprint density at radius 2 is 2.09 bits per heavy atom. The van der Waals surface area contributed by atoms with Gasteiger partial charge in [0.1, 0.15) is 6.67 Å². The molecule has 0 saturated heterocycles. The van der Waals surface area contributed by atoms with Crippen LogP contribution in [0.3, 0.4) is 0 Å². The summed E-state index contributed by atoms with van der Waals surface area (Å²) in [6, 6.07) is 0. The van der Waals surface area contributed by atoms with Crippen molar-refractivity contribution in [3.8, 4) is 0 Å². The molecular formula is C9H14F2. The lowest BCUT2D eigenvalue weighted by Gasteiger charge is -2.03. The van der Waals surface area contributed by atoms with Crippen LogP contribution < -0.4 is 0 Å². The molecule has 0 aliphatic rings. The van der Waals surface area contributed by atoms with E-state index in [1.165, 1.54) is 6.08 Å². The maximum absolute atomic E-state index is 11.7. The number of hydrogen-bond acceptors (Lipinski definition) is 0. The summed E-state index contributed by atoms with van der Waals surface area (Å²) in [5.41, 5.74) is 0. The highest BCUT2D eigenvalue weighted by Crippen LogP contribution is 2.09. The van der Waals surface area contributed by atoms with E-state index >= 15 is 0 Å². The second-order valence-corrected chi connectivity index (χ2v) is 2.31. The van der Waals surface area contributed by atoms with E-state index in [4.69, 9.17) is 0 Å². The maximum atomic E-state index is 11.7. The summed E-state index contributed by atoms with van der Waals surface area (Å²) in [6.07, 6.45) is 6.11. The number of halogens is 2. The Morgan fingerprint density at radius 1 is 1.36 bits per heavy atom. The third kappa shape index (κ3) is 5.77. The van der Waals surface area contributed by atoms with Crippen LogP contribution in [0.5, 0.6) is 0 Å². The smallest absolute Gasteiger partial charge is 0.108 e. The summed E-state index contributed by atoms with van der Waals surface area (Å²) in [6.45, 7) is 2.80. The van der Waals surface area contributed by atoms with Gasteiger partial charge in [0.2, 0.25) is 0 Å². The van der Waals surface area contributed by atoms with E-state index in [9.17, 15) is 8.78 Å². The van der Waals surface area contributed by atoms with E-state index in [1.54, 1.807) is 12.2 Å². The zero-order chi connectivity index (χ0) is 8.53. The molecule has 0 aromatic carbocycles. The highest BCUT2D eigenvalue weighted by molar-refractivity contribution is 4.96. The molecule has 0 aliphatic heterocycles. The van der Waals surface area contributed by atoms with E-state index in [1.807, 2.05) is 0 Å². The molecule has 64 valence electrons. The monoisotopic (exact) mass is 160 g/mol. The van der Waals surface area contributed by atoms with E-state index in [0.717, 1.165) is 6.42 Å². The lowest BCUT2D eigenvalue weighted by Crippen LogP contribution is -1.92. The van der Waals surface area contributed by atoms with Crippen LogP contribution >= 0.6 is 0 Å². The quantitative estimate of drug-likeness (QED) is 0.524. The van der Waals surface area contributed by atoms with Gasteiger partial charge in [-0.25, -0.2) is 4.39 Å². The summed E-state index contributed by atoms with van der Waals surface area (Å²) in [5.74, 6) is 0.126. The molecule has 0 heterocycles. The van der Waals surface area contributed by atoms with E-state index in [-0.39, 0.29) is 12.6 Å². The van der Waals surface area contributed by atoms with Crippen molar-refractivity contribution in [2.24, 2.45) is 5.92 Å². The zero-order valence-corrected chi connectivity index (χ0v) is 6.60. The summed E-state index contributed by atoms with van der Waals surface area (Å²) < 4.78 is 23.3. The minimum absolute atomic E-state index is 0.126. The highest BCUT2D eigenvalue weighted by atomic mass is 19.1. The molecule has 0 fully saturated rings. The second kappa shape index (κ2) is 7.45. The largest absolute Gasteiger partial charge is 0.251 e. The lowest BCUT2D eigenvalue weighted by molar-refractivity contribution is 0.449. The zero-order valence-electron chi connectivity index (χ0n) is 6.60. The fourth-order valence-corrected chi connectivity index (χ4v) is 0.832. The Labute approximate surface area is 66.6 Å². The summed E-state index contributed by atoms with van der Waals surface area (Å²) in [7, 11) is 0. The lowest BCUT2D eigenvalue weighted by atomic mass is 10.0. The van der Waals surface area contributed by atoms with Crippen molar-refractivity contribution in [2.45, 2.75) is 12.8 Å². The van der Waals surface area contributed by atoms with Crippen LogP contribution in [0.1, 0.15) is 12.8 Å². The van der Waals surface area contributed by atoms with Crippen LogP contribution in [-0.2, 0) is 0 Å². The third-order valence-corrected chi connectivity index (χ3v) is 1.45. The first-order valence-electron chi connectivity index (χ1n) is 3.76. The molecule has 1 unspecified atom stereocenters. The van der Waals surface area contributed by atoms with Crippen molar-refractivity contribution in [2.75, 3.05) is 13.3 Å². The van der Waals surface area contributed by atoms with Gasteiger partial charge in [-0.3, -0.25) is 4.39 Å². The van der Waals surface area contributed by atoms with Crippen molar-refractivity contribution < 1.29 is 8.78 Å². The topological polar surface area (TPSA) is 0 Å². The van der Waals surface area contributed by atoms with Gasteiger partial charge in [0, 0.05) is 0 Å². The molecule has 11 heavy (non-hydrogen) atoms. The van der Waals surface area contributed by atoms with Crippen molar-refractivity contribution in [1.29, 1.82) is 0 Å². The number of alkyl halides is 2. The first kappa shape index (κ1) is 10.3. The minimum atomic E-state index is -0.458. The van der Waals surface area contributed by atoms with Gasteiger partial charge in [-0.2, -0.15) is 0 Å². The molecule has 0 bridgehead atoms. The normalized spacial score (nSPS) is 13.6. The van der Waals surface area contributed by atoms with Crippen LogP contribution in [0.15, 0.2) is 24.8 Å². The summed E-state index contributed by atoms with van der Waals surface area (Å²) in [5, 5.41) is 0. The van der Waals surface area contributed by atoms with Crippen LogP contribution in [0, 0.1) is 5.92 Å². The molecule has 0 nitrogen and oxygen atoms in total. The second-order valence-electron chi connectivity index (χ2n) is 2.31. The average Bonchev–Trinajstić information content (AvgIpc) is 2.05. The van der Waals surface area contributed by atoms with Crippen LogP contribution in [0.4, 0.5) is 8.78 Å². The highest BCUT2D eigenvalue weighted by Gasteiger charge is 1.97. The molecule has 2 heteroatoms. The predicted molar refractivity (Wildman–Crippen MR) is 44.0 cm³/mol. The van der Waals surface area contributed by atoms with E-state index in [0.29, 0.717) is 6.42 Å². The van der Waals surface area contributed by atoms with Gasteiger partial charge >= 0.3 is 0 Å². The fraction of sp³-hybridized carbons (Fsp3) is 0.556. The van der Waals surface area contributed by atoms with Crippen molar-refractivity contribution in [1.82, 2.24) is 0 Å². The molecule has 0 spiro atoms. The molecule has 1 atom stereocenters. The molecule has 0 amide bonds. The SMILES string of the molecule is C=CC(C=CCF)CCCF. The van der Waals surface area contributed by atoms with Crippen LogP contribution in [0.25, 0.3) is 0 Å². The number of rotatable bonds is 6. The summed E-state index contributed by atoms with van der Waals surface area (Å²) in [4.78, 5) is 0. The Hall–Kier alpha value is -0.660. The molecule has 0 N–H and O–H groups in total. The average molecular weight is 160 g/mol. The predicted octanol–water partition coefficient (Wildman–Crippen LogP) is 3.06.